The number of allylic oxidation sites excluding steroid dienone is 3. The molecular weight excluding hydrogens is 462 g/mol. The third-order valence-corrected chi connectivity index (χ3v) is 6.96. The van der Waals surface area contributed by atoms with Crippen LogP contribution in [0.3, 0.4) is 0 Å². The van der Waals surface area contributed by atoms with E-state index in [4.69, 9.17) is 14.2 Å². The van der Waals surface area contributed by atoms with E-state index in [-0.39, 0.29) is 42.9 Å². The molecule has 8 nitrogen and oxygen atoms in total. The molecule has 2 heterocycles. The van der Waals surface area contributed by atoms with Crippen LogP contribution in [0.25, 0.3) is 0 Å². The highest BCUT2D eigenvalue weighted by Gasteiger charge is 2.44. The molecule has 2 saturated heterocycles. The SMILES string of the molecule is COC(=O)C[C@@H]1C[C@](C)(O)[C@H](O)[C@@H](/C=C/C(C)=C/C[C@@H]2O[C@H](C)[C@H](NC(=O)/C=C\C(C)C)C[C@@H]2C)O1. The Balaban J connectivity index is 1.93. The van der Waals surface area contributed by atoms with Crippen LogP contribution in [-0.2, 0) is 23.8 Å². The van der Waals surface area contributed by atoms with Gasteiger partial charge in [0.25, 0.3) is 0 Å². The van der Waals surface area contributed by atoms with E-state index in [1.807, 2.05) is 39.8 Å². The minimum atomic E-state index is -1.37. The average molecular weight is 508 g/mol. The van der Waals surface area contributed by atoms with Gasteiger partial charge in [0, 0.05) is 6.42 Å². The molecule has 2 aliphatic heterocycles. The summed E-state index contributed by atoms with van der Waals surface area (Å²) in [7, 11) is 1.31. The van der Waals surface area contributed by atoms with Crippen molar-refractivity contribution in [1.82, 2.24) is 5.32 Å². The maximum absolute atomic E-state index is 12.2. The molecule has 2 aliphatic rings. The van der Waals surface area contributed by atoms with Crippen LogP contribution in [0.4, 0.5) is 0 Å². The molecule has 0 aromatic rings. The summed E-state index contributed by atoms with van der Waals surface area (Å²) in [6, 6.07) is -0.0267. The minimum absolute atomic E-state index is 0.0169. The number of rotatable bonds is 9. The smallest absolute Gasteiger partial charge is 0.308 e. The summed E-state index contributed by atoms with van der Waals surface area (Å²) in [6.07, 6.45) is 8.39. The molecule has 3 N–H and O–H groups in total. The van der Waals surface area contributed by atoms with Crippen molar-refractivity contribution in [3.63, 3.8) is 0 Å². The first kappa shape index (κ1) is 30.2. The van der Waals surface area contributed by atoms with Gasteiger partial charge >= 0.3 is 5.97 Å². The monoisotopic (exact) mass is 507 g/mol. The van der Waals surface area contributed by atoms with Crippen LogP contribution >= 0.6 is 0 Å². The average Bonchev–Trinajstić information content (AvgIpc) is 2.79. The zero-order chi connectivity index (χ0) is 27.0. The van der Waals surface area contributed by atoms with Crippen molar-refractivity contribution in [3.8, 4) is 0 Å². The number of nitrogens with one attached hydrogen (secondary N) is 1. The van der Waals surface area contributed by atoms with Crippen molar-refractivity contribution in [2.24, 2.45) is 11.8 Å². The van der Waals surface area contributed by atoms with E-state index in [0.29, 0.717) is 12.3 Å². The molecule has 8 heteroatoms. The highest BCUT2D eigenvalue weighted by molar-refractivity contribution is 5.87. The Labute approximate surface area is 215 Å². The Morgan fingerprint density at radius 1 is 1.22 bits per heavy atom. The second-order valence-corrected chi connectivity index (χ2v) is 10.9. The van der Waals surface area contributed by atoms with Gasteiger partial charge < -0.3 is 29.7 Å². The quantitative estimate of drug-likeness (QED) is 0.249. The lowest BCUT2D eigenvalue weighted by Gasteiger charge is -2.42. The minimum Gasteiger partial charge on any atom is -0.469 e. The highest BCUT2D eigenvalue weighted by atomic mass is 16.5. The third kappa shape index (κ3) is 9.14. The van der Waals surface area contributed by atoms with Gasteiger partial charge in [-0.15, -0.1) is 0 Å². The van der Waals surface area contributed by atoms with E-state index in [9.17, 15) is 19.8 Å². The van der Waals surface area contributed by atoms with Gasteiger partial charge in [0.2, 0.25) is 5.91 Å². The van der Waals surface area contributed by atoms with Gasteiger partial charge in [0.05, 0.1) is 43.5 Å². The van der Waals surface area contributed by atoms with Gasteiger partial charge in [0.1, 0.15) is 12.2 Å². The second-order valence-electron chi connectivity index (χ2n) is 10.9. The number of amides is 1. The standard InChI is InChI=1S/C28H45NO7/c1-17(2)8-13-25(30)29-22-14-19(4)23(35-20(22)5)11-9-18(3)10-12-24-27(32)28(6,33)16-21(36-24)15-26(31)34-7/h8-10,12-13,17,19-24,27,32-33H,11,14-16H2,1-7H3,(H,29,30)/b12-10+,13-8-,18-9+/t19-,20+,21+,22+,23-,24+,27+,28-/m0/s1. The number of carbonyl (C=O) groups is 2. The fraction of sp³-hybridized carbons (Fsp3) is 0.714. The van der Waals surface area contributed by atoms with Crippen LogP contribution in [0.15, 0.2) is 36.0 Å². The number of aliphatic hydroxyl groups excluding tert-OH is 1. The number of aliphatic hydroxyl groups is 2. The number of ether oxygens (including phenoxy) is 3. The molecule has 0 radical (unpaired) electrons. The Morgan fingerprint density at radius 3 is 2.56 bits per heavy atom. The zero-order valence-corrected chi connectivity index (χ0v) is 22.8. The van der Waals surface area contributed by atoms with E-state index in [1.54, 1.807) is 19.1 Å². The summed E-state index contributed by atoms with van der Waals surface area (Å²) in [5.74, 6) is 0.0862. The van der Waals surface area contributed by atoms with Gasteiger partial charge in [-0.1, -0.05) is 50.6 Å². The normalized spacial score (nSPS) is 35.9. The molecule has 0 saturated carbocycles. The van der Waals surface area contributed by atoms with Crippen molar-refractivity contribution in [3.05, 3.63) is 36.0 Å². The van der Waals surface area contributed by atoms with Gasteiger partial charge in [-0.25, -0.2) is 0 Å². The third-order valence-electron chi connectivity index (χ3n) is 6.96. The van der Waals surface area contributed by atoms with Gasteiger partial charge in [-0.2, -0.15) is 0 Å². The number of hydrogen-bond donors (Lipinski definition) is 3. The van der Waals surface area contributed by atoms with Crippen LogP contribution in [-0.4, -0.2) is 71.4 Å². The molecule has 204 valence electrons. The number of esters is 1. The summed E-state index contributed by atoms with van der Waals surface area (Å²) in [5.41, 5.74) is -0.403. The summed E-state index contributed by atoms with van der Waals surface area (Å²) >= 11 is 0. The predicted octanol–water partition coefficient (Wildman–Crippen LogP) is 3.22. The van der Waals surface area contributed by atoms with Crippen molar-refractivity contribution in [2.75, 3.05) is 7.11 Å². The van der Waals surface area contributed by atoms with Gasteiger partial charge in [0.15, 0.2) is 0 Å². The van der Waals surface area contributed by atoms with E-state index in [0.717, 1.165) is 12.0 Å². The Bertz CT molecular complexity index is 832. The Hall–Kier alpha value is -2.00. The maximum atomic E-state index is 12.2. The van der Waals surface area contributed by atoms with Gasteiger partial charge in [-0.05, 0) is 51.5 Å². The van der Waals surface area contributed by atoms with Crippen LogP contribution in [0.2, 0.25) is 0 Å². The molecule has 0 bridgehead atoms. The summed E-state index contributed by atoms with van der Waals surface area (Å²) in [5, 5.41) is 24.2. The topological polar surface area (TPSA) is 114 Å². The molecule has 0 spiro atoms. The first-order valence-corrected chi connectivity index (χ1v) is 12.9. The van der Waals surface area contributed by atoms with Crippen molar-refractivity contribution in [2.45, 2.75) is 109 Å². The van der Waals surface area contributed by atoms with E-state index in [2.05, 4.69) is 18.3 Å². The molecule has 0 aromatic carbocycles. The number of methoxy groups -OCH3 is 1. The van der Waals surface area contributed by atoms with Crippen LogP contribution < -0.4 is 5.32 Å². The Kier molecular flexibility index (Phi) is 11.3. The Morgan fingerprint density at radius 2 is 1.92 bits per heavy atom. The predicted molar refractivity (Wildman–Crippen MR) is 138 cm³/mol. The molecule has 0 aromatic heterocycles. The number of hydrogen-bond acceptors (Lipinski definition) is 7. The largest absolute Gasteiger partial charge is 0.469 e. The summed E-state index contributed by atoms with van der Waals surface area (Å²) in [4.78, 5) is 23.8. The van der Waals surface area contributed by atoms with Crippen molar-refractivity contribution >= 4 is 11.9 Å². The number of carbonyl (C=O) groups excluding carboxylic acids is 2. The van der Waals surface area contributed by atoms with Crippen LogP contribution in [0, 0.1) is 11.8 Å². The van der Waals surface area contributed by atoms with Crippen molar-refractivity contribution in [1.29, 1.82) is 0 Å². The lowest BCUT2D eigenvalue weighted by atomic mass is 9.84. The second kappa shape index (κ2) is 13.5. The lowest BCUT2D eigenvalue weighted by molar-refractivity contribution is -0.199. The molecule has 1 amide bonds. The summed E-state index contributed by atoms with van der Waals surface area (Å²) < 4.78 is 16.8. The molecule has 2 rings (SSSR count). The van der Waals surface area contributed by atoms with Crippen LogP contribution in [0.5, 0.6) is 0 Å². The van der Waals surface area contributed by atoms with E-state index in [1.165, 1.54) is 7.11 Å². The lowest BCUT2D eigenvalue weighted by Crippen LogP contribution is -2.55. The molecule has 36 heavy (non-hydrogen) atoms. The highest BCUT2D eigenvalue weighted by Crippen LogP contribution is 2.32. The van der Waals surface area contributed by atoms with E-state index < -0.39 is 29.9 Å². The first-order chi connectivity index (χ1) is 16.8. The zero-order valence-electron chi connectivity index (χ0n) is 22.8. The summed E-state index contributed by atoms with van der Waals surface area (Å²) in [6.45, 7) is 11.7. The first-order valence-electron chi connectivity index (χ1n) is 12.9. The fourth-order valence-electron chi connectivity index (χ4n) is 4.66. The fourth-order valence-corrected chi connectivity index (χ4v) is 4.66. The van der Waals surface area contributed by atoms with Gasteiger partial charge in [-0.3, -0.25) is 9.59 Å². The molecule has 0 aliphatic carbocycles. The van der Waals surface area contributed by atoms with E-state index >= 15 is 0 Å². The molecular formula is C28H45NO7. The molecule has 0 unspecified atom stereocenters. The molecule has 2 fully saturated rings. The molecule has 8 atom stereocenters. The maximum Gasteiger partial charge on any atom is 0.308 e. The van der Waals surface area contributed by atoms with Crippen molar-refractivity contribution < 1.29 is 34.0 Å². The van der Waals surface area contributed by atoms with Crippen LogP contribution in [0.1, 0.15) is 67.2 Å².